The average Bonchev–Trinajstić information content (AvgIpc) is 3.24. The summed E-state index contributed by atoms with van der Waals surface area (Å²) in [6, 6.07) is 9.81. The second kappa shape index (κ2) is 9.64. The van der Waals surface area contributed by atoms with Crippen LogP contribution >= 0.6 is 0 Å². The highest BCUT2D eigenvalue weighted by atomic mass is 16.8. The number of aliphatic hydroxyl groups excluding tert-OH is 2. The van der Waals surface area contributed by atoms with Gasteiger partial charge in [-0.05, 0) is 26.3 Å². The van der Waals surface area contributed by atoms with Gasteiger partial charge in [-0.25, -0.2) is 0 Å². The summed E-state index contributed by atoms with van der Waals surface area (Å²) in [5.41, 5.74) is 1.01. The first-order valence-corrected chi connectivity index (χ1v) is 10.8. The molecule has 31 heavy (non-hydrogen) atoms. The van der Waals surface area contributed by atoms with Gasteiger partial charge >= 0.3 is 0 Å². The van der Waals surface area contributed by atoms with Crippen molar-refractivity contribution < 1.29 is 38.6 Å². The van der Waals surface area contributed by atoms with E-state index >= 15 is 0 Å². The average molecular weight is 437 g/mol. The van der Waals surface area contributed by atoms with Crippen molar-refractivity contribution in [2.24, 2.45) is 5.92 Å². The van der Waals surface area contributed by atoms with Crippen LogP contribution in [0.25, 0.3) is 0 Å². The molecular weight excluding hydrogens is 404 g/mol. The predicted octanol–water partition coefficient (Wildman–Crippen LogP) is 1.74. The van der Waals surface area contributed by atoms with Crippen molar-refractivity contribution in [1.29, 1.82) is 0 Å². The Morgan fingerprint density at radius 1 is 1.06 bits per heavy atom. The second-order valence-electron chi connectivity index (χ2n) is 8.46. The molecule has 3 aliphatic heterocycles. The van der Waals surface area contributed by atoms with Crippen LogP contribution in [0.2, 0.25) is 0 Å². The number of benzene rings is 1. The molecule has 0 aromatic heterocycles. The van der Waals surface area contributed by atoms with E-state index in [0.29, 0.717) is 13.2 Å². The van der Waals surface area contributed by atoms with Crippen molar-refractivity contribution in [1.82, 2.24) is 0 Å². The minimum atomic E-state index is -0.992. The first-order chi connectivity index (χ1) is 14.9. The number of hydrogen-bond donors (Lipinski definition) is 2. The summed E-state index contributed by atoms with van der Waals surface area (Å²) in [6.07, 6.45) is -0.992. The molecule has 0 radical (unpaired) electrons. The molecule has 0 bridgehead atoms. The van der Waals surface area contributed by atoms with E-state index < -0.39 is 54.8 Å². The molecule has 0 spiro atoms. The summed E-state index contributed by atoms with van der Waals surface area (Å²) in [7, 11) is 0. The molecule has 1 unspecified atom stereocenters. The maximum Gasteiger partial charge on any atom is 0.190 e. The van der Waals surface area contributed by atoms with Gasteiger partial charge in [0.1, 0.15) is 24.4 Å². The van der Waals surface area contributed by atoms with Gasteiger partial charge in [0.15, 0.2) is 18.4 Å². The van der Waals surface area contributed by atoms with Crippen LogP contribution in [0.15, 0.2) is 42.5 Å². The zero-order chi connectivity index (χ0) is 22.0. The number of rotatable bonds is 8. The topological polar surface area (TPSA) is 95.8 Å². The summed E-state index contributed by atoms with van der Waals surface area (Å²) >= 11 is 0. The Bertz CT molecular complexity index is 738. The van der Waals surface area contributed by atoms with Crippen LogP contribution in [0.3, 0.4) is 0 Å². The van der Waals surface area contributed by atoms with Crippen LogP contribution in [0.1, 0.15) is 26.3 Å². The normalized spacial score (nSPS) is 37.6. The smallest absolute Gasteiger partial charge is 0.190 e. The first kappa shape index (κ1) is 22.8. The second-order valence-corrected chi connectivity index (χ2v) is 8.46. The van der Waals surface area contributed by atoms with Crippen LogP contribution < -0.4 is 0 Å². The zero-order valence-corrected chi connectivity index (χ0v) is 18.1. The molecule has 3 aliphatic rings. The molecule has 0 amide bonds. The third kappa shape index (κ3) is 5.02. The summed E-state index contributed by atoms with van der Waals surface area (Å²) in [4.78, 5) is 0. The number of hydrogen-bond acceptors (Lipinski definition) is 8. The standard InChI is InChI=1S/C23H32O8/c1-4-26-21-16(11-10-15(12-24)28-21)17(25)18-19(27-13-14-8-6-5-7-9-14)20-22(29-18)31-23(2,3)30-20/h5-11,15-22,24-25H,4,12-13H2,1-3H3/t15-,16+,17?,18-,19+,20-,21-,22-/m1/s1. The third-order valence-electron chi connectivity index (χ3n) is 5.73. The van der Waals surface area contributed by atoms with Gasteiger partial charge in [-0.3, -0.25) is 0 Å². The van der Waals surface area contributed by atoms with E-state index in [9.17, 15) is 10.2 Å². The fourth-order valence-corrected chi connectivity index (χ4v) is 4.30. The van der Waals surface area contributed by atoms with Crippen LogP contribution in [-0.2, 0) is 35.0 Å². The van der Waals surface area contributed by atoms with Gasteiger partial charge < -0.3 is 38.6 Å². The number of aliphatic hydroxyl groups is 2. The Hall–Kier alpha value is -1.36. The Labute approximate surface area is 182 Å². The molecular formula is C23H32O8. The van der Waals surface area contributed by atoms with Gasteiger partial charge in [-0.2, -0.15) is 0 Å². The fraction of sp³-hybridized carbons (Fsp3) is 0.652. The van der Waals surface area contributed by atoms with E-state index in [1.165, 1.54) is 0 Å². The Balaban J connectivity index is 1.53. The van der Waals surface area contributed by atoms with Crippen LogP contribution in [0.4, 0.5) is 0 Å². The summed E-state index contributed by atoms with van der Waals surface area (Å²) in [5.74, 6) is -1.29. The maximum absolute atomic E-state index is 11.3. The molecule has 2 fully saturated rings. The molecule has 8 atom stereocenters. The van der Waals surface area contributed by atoms with Gasteiger partial charge in [-0.1, -0.05) is 42.5 Å². The van der Waals surface area contributed by atoms with Gasteiger partial charge in [0.2, 0.25) is 0 Å². The van der Waals surface area contributed by atoms with Crippen molar-refractivity contribution in [3.63, 3.8) is 0 Å². The fourth-order valence-electron chi connectivity index (χ4n) is 4.30. The Kier molecular flexibility index (Phi) is 7.10. The molecule has 2 N–H and O–H groups in total. The van der Waals surface area contributed by atoms with Crippen molar-refractivity contribution >= 4 is 0 Å². The lowest BCUT2D eigenvalue weighted by molar-refractivity contribution is -0.250. The van der Waals surface area contributed by atoms with E-state index in [2.05, 4.69) is 0 Å². The van der Waals surface area contributed by atoms with Crippen LogP contribution in [-0.4, -0.2) is 72.3 Å². The highest BCUT2D eigenvalue weighted by Crippen LogP contribution is 2.41. The van der Waals surface area contributed by atoms with Gasteiger partial charge in [0, 0.05) is 6.61 Å². The third-order valence-corrected chi connectivity index (χ3v) is 5.73. The molecule has 172 valence electrons. The van der Waals surface area contributed by atoms with Gasteiger partial charge in [0.25, 0.3) is 0 Å². The number of fused-ring (bicyclic) bond motifs is 1. The van der Waals surface area contributed by atoms with Crippen molar-refractivity contribution in [2.75, 3.05) is 13.2 Å². The van der Waals surface area contributed by atoms with E-state index in [1.54, 1.807) is 6.08 Å². The molecule has 8 nitrogen and oxygen atoms in total. The predicted molar refractivity (Wildman–Crippen MR) is 110 cm³/mol. The lowest BCUT2D eigenvalue weighted by atomic mass is 9.91. The lowest BCUT2D eigenvalue weighted by Gasteiger charge is -2.37. The van der Waals surface area contributed by atoms with E-state index in [0.717, 1.165) is 5.56 Å². The highest BCUT2D eigenvalue weighted by molar-refractivity contribution is 5.14. The van der Waals surface area contributed by atoms with Gasteiger partial charge in [0.05, 0.1) is 25.2 Å². The van der Waals surface area contributed by atoms with Crippen molar-refractivity contribution in [3.05, 3.63) is 48.0 Å². The molecule has 8 heteroatoms. The molecule has 3 heterocycles. The molecule has 2 saturated heterocycles. The van der Waals surface area contributed by atoms with E-state index in [1.807, 2.05) is 57.2 Å². The SMILES string of the molecule is CCO[C@@H]1O[C@@H](CO)C=C[C@H]1C(O)[C@H]1O[C@@H]2OC(C)(C)O[C@@H]2[C@H]1OCc1ccccc1. The Morgan fingerprint density at radius 2 is 1.84 bits per heavy atom. The monoisotopic (exact) mass is 436 g/mol. The summed E-state index contributed by atoms with van der Waals surface area (Å²) < 4.78 is 35.7. The first-order valence-electron chi connectivity index (χ1n) is 10.8. The summed E-state index contributed by atoms with van der Waals surface area (Å²) in [5, 5.41) is 20.7. The van der Waals surface area contributed by atoms with E-state index in [-0.39, 0.29) is 6.61 Å². The molecule has 1 aromatic rings. The Morgan fingerprint density at radius 3 is 2.55 bits per heavy atom. The number of ether oxygens (including phenoxy) is 6. The van der Waals surface area contributed by atoms with Crippen LogP contribution in [0.5, 0.6) is 0 Å². The molecule has 1 aromatic carbocycles. The maximum atomic E-state index is 11.3. The van der Waals surface area contributed by atoms with Crippen LogP contribution in [0, 0.1) is 5.92 Å². The van der Waals surface area contributed by atoms with E-state index in [4.69, 9.17) is 28.4 Å². The minimum absolute atomic E-state index is 0.160. The molecule has 0 saturated carbocycles. The van der Waals surface area contributed by atoms with Gasteiger partial charge in [-0.15, -0.1) is 0 Å². The van der Waals surface area contributed by atoms with Crippen molar-refractivity contribution in [2.45, 2.75) is 76.3 Å². The lowest BCUT2D eigenvalue weighted by Crippen LogP contribution is -2.50. The van der Waals surface area contributed by atoms with Crippen molar-refractivity contribution in [3.8, 4) is 0 Å². The minimum Gasteiger partial charge on any atom is -0.393 e. The molecule has 4 rings (SSSR count). The largest absolute Gasteiger partial charge is 0.393 e. The molecule has 0 aliphatic carbocycles. The quantitative estimate of drug-likeness (QED) is 0.595. The highest BCUT2D eigenvalue weighted by Gasteiger charge is 2.58. The summed E-state index contributed by atoms with van der Waals surface area (Å²) in [6.45, 7) is 6.10. The zero-order valence-electron chi connectivity index (χ0n) is 18.1.